The van der Waals surface area contributed by atoms with Gasteiger partial charge in [0.05, 0.1) is 0 Å². The van der Waals surface area contributed by atoms with Gasteiger partial charge in [0, 0.05) is 18.1 Å². The van der Waals surface area contributed by atoms with Gasteiger partial charge in [-0.25, -0.2) is 9.97 Å². The fourth-order valence-electron chi connectivity index (χ4n) is 1.59. The van der Waals surface area contributed by atoms with E-state index in [0.29, 0.717) is 5.95 Å². The molecule has 1 aromatic heterocycles. The Balaban J connectivity index is 2.12. The Morgan fingerprint density at radius 2 is 1.94 bits per heavy atom. The second-order valence-corrected chi connectivity index (χ2v) is 3.65. The average Bonchev–Trinajstić information content (AvgIpc) is 2.31. The molecule has 1 heterocycles. The molecule has 0 atom stereocenters. The zero-order valence-corrected chi connectivity index (χ0v) is 9.35. The van der Waals surface area contributed by atoms with Crippen molar-refractivity contribution in [3.8, 4) is 0 Å². The number of hydrogen-bond donors (Lipinski definition) is 1. The summed E-state index contributed by atoms with van der Waals surface area (Å²) in [5.41, 5.74) is 2.38. The third kappa shape index (κ3) is 2.79. The van der Waals surface area contributed by atoms with E-state index in [-0.39, 0.29) is 0 Å². The highest BCUT2D eigenvalue weighted by Crippen LogP contribution is 2.15. The van der Waals surface area contributed by atoms with Gasteiger partial charge in [-0.1, -0.05) is 25.5 Å². The standard InChI is InChI=1S/C13H15N3/c1-2-5-11-6-3-7-12(10-11)16-13-14-8-4-9-15-13/h3-4,6-10H,2,5H2,1H3,(H,14,15,16). The summed E-state index contributed by atoms with van der Waals surface area (Å²) in [4.78, 5) is 8.25. The van der Waals surface area contributed by atoms with Crippen LogP contribution in [0.4, 0.5) is 11.6 Å². The minimum atomic E-state index is 0.635. The molecule has 2 rings (SSSR count). The normalized spacial score (nSPS) is 10.1. The Morgan fingerprint density at radius 1 is 1.12 bits per heavy atom. The first-order valence-corrected chi connectivity index (χ1v) is 5.51. The van der Waals surface area contributed by atoms with Gasteiger partial charge in [-0.2, -0.15) is 0 Å². The topological polar surface area (TPSA) is 37.8 Å². The number of aromatic nitrogens is 2. The van der Waals surface area contributed by atoms with E-state index in [2.05, 4.69) is 40.4 Å². The maximum absolute atomic E-state index is 4.13. The van der Waals surface area contributed by atoms with E-state index >= 15 is 0 Å². The minimum absolute atomic E-state index is 0.635. The van der Waals surface area contributed by atoms with Crippen molar-refractivity contribution in [3.05, 3.63) is 48.3 Å². The van der Waals surface area contributed by atoms with E-state index in [9.17, 15) is 0 Å². The fourth-order valence-corrected chi connectivity index (χ4v) is 1.59. The maximum Gasteiger partial charge on any atom is 0.227 e. The van der Waals surface area contributed by atoms with Crippen LogP contribution in [-0.2, 0) is 6.42 Å². The first-order valence-electron chi connectivity index (χ1n) is 5.51. The van der Waals surface area contributed by atoms with Gasteiger partial charge in [0.25, 0.3) is 0 Å². The van der Waals surface area contributed by atoms with Gasteiger partial charge in [0.15, 0.2) is 0 Å². The van der Waals surface area contributed by atoms with Gasteiger partial charge in [0.1, 0.15) is 0 Å². The van der Waals surface area contributed by atoms with Crippen LogP contribution in [0.15, 0.2) is 42.7 Å². The van der Waals surface area contributed by atoms with E-state index in [0.717, 1.165) is 18.5 Å². The fraction of sp³-hybridized carbons (Fsp3) is 0.231. The second-order valence-electron chi connectivity index (χ2n) is 3.65. The number of anilines is 2. The molecule has 0 fully saturated rings. The van der Waals surface area contributed by atoms with Crippen LogP contribution in [0.1, 0.15) is 18.9 Å². The predicted octanol–water partition coefficient (Wildman–Crippen LogP) is 3.17. The molecular formula is C13H15N3. The van der Waals surface area contributed by atoms with Gasteiger partial charge in [-0.05, 0) is 30.2 Å². The van der Waals surface area contributed by atoms with E-state index < -0.39 is 0 Å². The number of hydrogen-bond acceptors (Lipinski definition) is 3. The summed E-state index contributed by atoms with van der Waals surface area (Å²) in [5.74, 6) is 0.635. The molecule has 0 saturated carbocycles. The van der Waals surface area contributed by atoms with Crippen molar-refractivity contribution in [2.45, 2.75) is 19.8 Å². The highest BCUT2D eigenvalue weighted by atomic mass is 15.1. The monoisotopic (exact) mass is 213 g/mol. The molecule has 0 spiro atoms. The first-order chi connectivity index (χ1) is 7.88. The van der Waals surface area contributed by atoms with Crippen LogP contribution >= 0.6 is 0 Å². The summed E-state index contributed by atoms with van der Waals surface area (Å²) in [5, 5.41) is 3.18. The third-order valence-corrected chi connectivity index (χ3v) is 2.29. The molecule has 0 saturated heterocycles. The lowest BCUT2D eigenvalue weighted by Gasteiger charge is -2.05. The van der Waals surface area contributed by atoms with Crippen LogP contribution in [-0.4, -0.2) is 9.97 Å². The molecule has 2 aromatic rings. The lowest BCUT2D eigenvalue weighted by molar-refractivity contribution is 0.922. The van der Waals surface area contributed by atoms with Crippen LogP contribution < -0.4 is 5.32 Å². The zero-order chi connectivity index (χ0) is 11.2. The molecule has 0 aliphatic heterocycles. The largest absolute Gasteiger partial charge is 0.324 e. The smallest absolute Gasteiger partial charge is 0.227 e. The highest BCUT2D eigenvalue weighted by Gasteiger charge is 1.97. The van der Waals surface area contributed by atoms with Gasteiger partial charge in [-0.3, -0.25) is 0 Å². The Morgan fingerprint density at radius 3 is 2.69 bits per heavy atom. The van der Waals surface area contributed by atoms with E-state index in [1.165, 1.54) is 5.56 Å². The van der Waals surface area contributed by atoms with Crippen LogP contribution in [0.3, 0.4) is 0 Å². The van der Waals surface area contributed by atoms with Crippen LogP contribution in [0.2, 0.25) is 0 Å². The third-order valence-electron chi connectivity index (χ3n) is 2.29. The Kier molecular flexibility index (Phi) is 3.49. The Hall–Kier alpha value is -1.90. The van der Waals surface area contributed by atoms with Crippen molar-refractivity contribution in [2.24, 2.45) is 0 Å². The lowest BCUT2D eigenvalue weighted by atomic mass is 10.1. The van der Waals surface area contributed by atoms with Gasteiger partial charge in [-0.15, -0.1) is 0 Å². The van der Waals surface area contributed by atoms with Crippen molar-refractivity contribution in [1.82, 2.24) is 9.97 Å². The minimum Gasteiger partial charge on any atom is -0.324 e. The summed E-state index contributed by atoms with van der Waals surface area (Å²) < 4.78 is 0. The molecule has 3 heteroatoms. The SMILES string of the molecule is CCCc1cccc(Nc2ncccn2)c1. The average molecular weight is 213 g/mol. The molecule has 3 nitrogen and oxygen atoms in total. The second kappa shape index (κ2) is 5.26. The van der Waals surface area contributed by atoms with Gasteiger partial charge < -0.3 is 5.32 Å². The quantitative estimate of drug-likeness (QED) is 0.847. The molecule has 0 aliphatic carbocycles. The van der Waals surface area contributed by atoms with E-state index in [1.807, 2.05) is 6.07 Å². The number of benzene rings is 1. The Labute approximate surface area is 95.6 Å². The molecule has 0 aliphatic rings. The first kappa shape index (κ1) is 10.6. The van der Waals surface area contributed by atoms with Gasteiger partial charge in [0.2, 0.25) is 5.95 Å². The summed E-state index contributed by atoms with van der Waals surface area (Å²) >= 11 is 0. The van der Waals surface area contributed by atoms with Crippen molar-refractivity contribution in [3.63, 3.8) is 0 Å². The molecule has 16 heavy (non-hydrogen) atoms. The van der Waals surface area contributed by atoms with Crippen LogP contribution in [0.25, 0.3) is 0 Å². The Bertz CT molecular complexity index is 440. The molecule has 0 unspecified atom stereocenters. The highest BCUT2D eigenvalue weighted by molar-refractivity contribution is 5.54. The summed E-state index contributed by atoms with van der Waals surface area (Å²) in [7, 11) is 0. The van der Waals surface area contributed by atoms with Crippen molar-refractivity contribution >= 4 is 11.6 Å². The molecule has 0 bridgehead atoms. The van der Waals surface area contributed by atoms with Crippen LogP contribution in [0, 0.1) is 0 Å². The molecule has 82 valence electrons. The summed E-state index contributed by atoms with van der Waals surface area (Å²) in [6.07, 6.45) is 5.72. The molecule has 0 radical (unpaired) electrons. The predicted molar refractivity (Wildman–Crippen MR) is 65.8 cm³/mol. The van der Waals surface area contributed by atoms with Crippen molar-refractivity contribution in [1.29, 1.82) is 0 Å². The summed E-state index contributed by atoms with van der Waals surface area (Å²) in [6.45, 7) is 2.18. The maximum atomic E-state index is 4.13. The van der Waals surface area contributed by atoms with Crippen molar-refractivity contribution in [2.75, 3.05) is 5.32 Å². The lowest BCUT2D eigenvalue weighted by Crippen LogP contribution is -1.96. The van der Waals surface area contributed by atoms with Crippen LogP contribution in [0.5, 0.6) is 0 Å². The van der Waals surface area contributed by atoms with Gasteiger partial charge >= 0.3 is 0 Å². The van der Waals surface area contributed by atoms with Crippen molar-refractivity contribution < 1.29 is 0 Å². The zero-order valence-electron chi connectivity index (χ0n) is 9.35. The number of aryl methyl sites for hydroxylation is 1. The summed E-state index contributed by atoms with van der Waals surface area (Å²) in [6, 6.07) is 10.2. The number of nitrogens with zero attached hydrogens (tertiary/aromatic N) is 2. The molecule has 1 N–H and O–H groups in total. The van der Waals surface area contributed by atoms with E-state index in [4.69, 9.17) is 0 Å². The number of rotatable bonds is 4. The van der Waals surface area contributed by atoms with E-state index in [1.54, 1.807) is 18.5 Å². The number of nitrogens with one attached hydrogen (secondary N) is 1. The molecule has 0 amide bonds. The molecular weight excluding hydrogens is 198 g/mol. The molecule has 1 aromatic carbocycles.